The van der Waals surface area contributed by atoms with Gasteiger partial charge in [0.15, 0.2) is 0 Å². The van der Waals surface area contributed by atoms with Gasteiger partial charge in [0.2, 0.25) is 0 Å². The Kier molecular flexibility index (Phi) is 11.2. The molecule has 0 heterocycles. The molecule has 0 saturated carbocycles. The molecule has 0 aliphatic heterocycles. The average molecular weight is 529 g/mol. The first kappa shape index (κ1) is 25.4. The third kappa shape index (κ3) is 10.6. The number of aliphatic carboxylic acids is 2. The van der Waals surface area contributed by atoms with E-state index in [1.165, 1.54) is 0 Å². The molecule has 0 radical (unpaired) electrons. The lowest BCUT2D eigenvalue weighted by atomic mass is 9.63. The minimum Gasteiger partial charge on any atom is -0.481 e. The van der Waals surface area contributed by atoms with E-state index >= 15 is 0 Å². The first-order valence-corrected chi connectivity index (χ1v) is 10.5. The fraction of sp³-hybridized carbons (Fsp3) is 0.300. The zero-order valence-electron chi connectivity index (χ0n) is 16.0. The normalized spacial score (nSPS) is 12.3. The van der Waals surface area contributed by atoms with Gasteiger partial charge in [-0.3, -0.25) is 9.59 Å². The molecule has 0 aliphatic rings. The quantitative estimate of drug-likeness (QED) is 0.388. The van der Waals surface area contributed by atoms with E-state index in [2.05, 4.69) is 31.9 Å². The summed E-state index contributed by atoms with van der Waals surface area (Å²) >= 11 is 6.62. The number of nitrogens with two attached hydrogens (primary N) is 1. The van der Waals surface area contributed by atoms with Crippen molar-refractivity contribution in [3.63, 3.8) is 0 Å². The van der Waals surface area contributed by atoms with Gasteiger partial charge in [0, 0.05) is 8.95 Å². The highest BCUT2D eigenvalue weighted by molar-refractivity contribution is 9.10. The van der Waals surface area contributed by atoms with Gasteiger partial charge in [-0.25, -0.2) is 0 Å². The number of halogens is 2. The summed E-state index contributed by atoms with van der Waals surface area (Å²) in [4.78, 5) is 21.4. The van der Waals surface area contributed by atoms with Gasteiger partial charge in [-0.2, -0.15) is 0 Å². The van der Waals surface area contributed by atoms with Crippen LogP contribution in [-0.2, 0) is 22.4 Å². The monoisotopic (exact) mass is 527 g/mol. The molecular formula is C20H24BBr2NO5. The molecule has 9 heteroatoms. The first-order chi connectivity index (χ1) is 13.6. The zero-order valence-corrected chi connectivity index (χ0v) is 19.1. The van der Waals surface area contributed by atoms with Gasteiger partial charge in [0.05, 0.1) is 5.92 Å². The molecule has 0 saturated heterocycles. The molecule has 29 heavy (non-hydrogen) atoms. The van der Waals surface area contributed by atoms with Gasteiger partial charge >= 0.3 is 11.9 Å². The molecule has 156 valence electrons. The van der Waals surface area contributed by atoms with Crippen molar-refractivity contribution in [2.75, 3.05) is 0 Å². The highest BCUT2D eigenvalue weighted by Crippen LogP contribution is 2.17. The van der Waals surface area contributed by atoms with Crippen LogP contribution in [0.15, 0.2) is 57.5 Å². The van der Waals surface area contributed by atoms with Gasteiger partial charge in [0.25, 0.3) is 6.92 Å². The molecule has 6 nitrogen and oxygen atoms in total. The minimum atomic E-state index is -0.970. The van der Waals surface area contributed by atoms with Gasteiger partial charge < -0.3 is 21.0 Å². The molecule has 5 N–H and O–H groups in total. The summed E-state index contributed by atoms with van der Waals surface area (Å²) in [6, 6.07) is 14.2. The van der Waals surface area contributed by atoms with E-state index in [1.807, 2.05) is 48.5 Å². The molecule has 0 aromatic heterocycles. The summed E-state index contributed by atoms with van der Waals surface area (Å²) in [6.45, 7) is 1.02. The number of carboxylic acids is 2. The number of carboxylic acid groups (broad SMARTS) is 2. The smallest absolute Gasteiger partial charge is 0.320 e. The maximum atomic E-state index is 11.0. The van der Waals surface area contributed by atoms with Crippen LogP contribution in [0.3, 0.4) is 0 Å². The number of benzene rings is 2. The van der Waals surface area contributed by atoms with Crippen LogP contribution in [0, 0.1) is 5.92 Å². The molecule has 2 rings (SSSR count). The highest BCUT2D eigenvalue weighted by atomic mass is 79.9. The Balaban J connectivity index is 0.000000296. The lowest BCUT2D eigenvalue weighted by Gasteiger charge is -2.12. The Morgan fingerprint density at radius 3 is 1.66 bits per heavy atom. The molecule has 0 amide bonds. The maximum absolute atomic E-state index is 11.0. The van der Waals surface area contributed by atoms with Crippen molar-refractivity contribution in [3.05, 3.63) is 68.6 Å². The summed E-state index contributed by atoms with van der Waals surface area (Å²) in [7, 11) is 0. The van der Waals surface area contributed by atoms with Crippen molar-refractivity contribution >= 4 is 50.7 Å². The van der Waals surface area contributed by atoms with Crippen molar-refractivity contribution in [2.45, 2.75) is 32.0 Å². The van der Waals surface area contributed by atoms with Crippen molar-refractivity contribution < 1.29 is 24.8 Å². The number of carbonyl (C=O) groups is 2. The van der Waals surface area contributed by atoms with Gasteiger partial charge in [-0.1, -0.05) is 62.9 Å². The van der Waals surface area contributed by atoms with Crippen LogP contribution in [0.1, 0.15) is 11.1 Å². The first-order valence-electron chi connectivity index (χ1n) is 8.96. The summed E-state index contributed by atoms with van der Waals surface area (Å²) < 4.78 is 1.94. The molecule has 2 aromatic carbocycles. The van der Waals surface area contributed by atoms with Crippen LogP contribution in [-0.4, -0.2) is 40.1 Å². The third-order valence-corrected chi connectivity index (χ3v) is 5.11. The topological polar surface area (TPSA) is 121 Å². The Labute approximate surface area is 187 Å². The number of rotatable bonds is 8. The van der Waals surface area contributed by atoms with Crippen LogP contribution >= 0.6 is 31.9 Å². The fourth-order valence-corrected chi connectivity index (χ4v) is 3.08. The van der Waals surface area contributed by atoms with Crippen LogP contribution in [0.2, 0.25) is 13.1 Å². The summed E-state index contributed by atoms with van der Waals surface area (Å²) in [5, 5.41) is 26.8. The van der Waals surface area contributed by atoms with E-state index in [-0.39, 0.29) is 6.32 Å². The predicted molar refractivity (Wildman–Crippen MR) is 121 cm³/mol. The molecule has 0 bridgehead atoms. The van der Waals surface area contributed by atoms with Crippen molar-refractivity contribution in [2.24, 2.45) is 11.7 Å². The van der Waals surface area contributed by atoms with Crippen molar-refractivity contribution in [3.8, 4) is 0 Å². The summed E-state index contributed by atoms with van der Waals surface area (Å²) in [5.74, 6) is -2.35. The van der Waals surface area contributed by atoms with E-state index in [4.69, 9.17) is 15.9 Å². The van der Waals surface area contributed by atoms with Crippen molar-refractivity contribution in [1.82, 2.24) is 0 Å². The lowest BCUT2D eigenvalue weighted by molar-refractivity contribution is -0.141. The lowest BCUT2D eigenvalue weighted by Crippen LogP contribution is -2.32. The van der Waals surface area contributed by atoms with Gasteiger partial charge in [0.1, 0.15) is 6.04 Å². The Morgan fingerprint density at radius 1 is 0.897 bits per heavy atom. The molecule has 0 aliphatic carbocycles. The molecule has 0 spiro atoms. The second kappa shape index (κ2) is 12.8. The third-order valence-electron chi connectivity index (χ3n) is 4.06. The molecule has 2 aromatic rings. The van der Waals surface area contributed by atoms with E-state index in [0.29, 0.717) is 12.8 Å². The largest absolute Gasteiger partial charge is 0.481 e. The number of hydrogen-bond acceptors (Lipinski definition) is 4. The molecule has 0 fully saturated rings. The SMILES string of the molecule is CB(O)C[C@H](Cc1ccc(Br)cc1)C(=O)O.N[C@H](Cc1ccc(Br)cc1)C(=O)O. The van der Waals surface area contributed by atoms with E-state index in [9.17, 15) is 14.6 Å². The Morgan fingerprint density at radius 2 is 1.31 bits per heavy atom. The second-order valence-electron chi connectivity index (χ2n) is 6.73. The van der Waals surface area contributed by atoms with Crippen LogP contribution in [0.5, 0.6) is 0 Å². The molecular weight excluding hydrogens is 505 g/mol. The highest BCUT2D eigenvalue weighted by Gasteiger charge is 2.21. The summed E-state index contributed by atoms with van der Waals surface area (Å²) in [5.41, 5.74) is 7.27. The fourth-order valence-electron chi connectivity index (χ4n) is 2.55. The van der Waals surface area contributed by atoms with Gasteiger partial charge in [-0.05, 0) is 54.6 Å². The maximum Gasteiger partial charge on any atom is 0.320 e. The Bertz CT molecular complexity index is 784. The summed E-state index contributed by atoms with van der Waals surface area (Å²) in [6.07, 6.45) is 1.10. The van der Waals surface area contributed by atoms with E-state index in [1.54, 1.807) is 6.82 Å². The molecule has 0 unspecified atom stereocenters. The standard InChI is InChI=1S/C11H14BBrO3.C9H10BrNO2/c1-12(16)7-9(11(14)15)6-8-2-4-10(13)5-3-8;10-7-3-1-6(2-4-7)5-8(11)9(12)13/h2-5,9,16H,6-7H2,1H3,(H,14,15);1-4,8H,5,11H2,(H,12,13)/t9-;8-/m01/s1. The molecule has 2 atom stereocenters. The van der Waals surface area contributed by atoms with Gasteiger partial charge in [-0.15, -0.1) is 0 Å². The minimum absolute atomic E-state index is 0.283. The van der Waals surface area contributed by atoms with Crippen LogP contribution < -0.4 is 5.73 Å². The van der Waals surface area contributed by atoms with Crippen LogP contribution in [0.25, 0.3) is 0 Å². The Hall–Kier alpha value is -1.68. The van der Waals surface area contributed by atoms with E-state index in [0.717, 1.165) is 20.1 Å². The van der Waals surface area contributed by atoms with Crippen molar-refractivity contribution in [1.29, 1.82) is 0 Å². The predicted octanol–water partition coefficient (Wildman–Crippen LogP) is 3.71. The average Bonchev–Trinajstić information content (AvgIpc) is 2.65. The van der Waals surface area contributed by atoms with Crippen LogP contribution in [0.4, 0.5) is 0 Å². The van der Waals surface area contributed by atoms with E-state index < -0.39 is 30.8 Å². The zero-order chi connectivity index (χ0) is 22.0. The second-order valence-corrected chi connectivity index (χ2v) is 8.56. The number of hydrogen-bond donors (Lipinski definition) is 4.